The van der Waals surface area contributed by atoms with Crippen molar-refractivity contribution >= 4 is 34.3 Å². The lowest BCUT2D eigenvalue weighted by Crippen LogP contribution is -2.42. The Hall–Kier alpha value is -7.48. The second kappa shape index (κ2) is 23.3. The minimum Gasteiger partial charge on any atom is -0.497 e. The number of ether oxygens (including phenoxy) is 3. The van der Waals surface area contributed by atoms with E-state index in [2.05, 4.69) is 114 Å². The summed E-state index contributed by atoms with van der Waals surface area (Å²) in [7, 11) is 5.05. The van der Waals surface area contributed by atoms with Gasteiger partial charge in [0, 0.05) is 81.0 Å². The summed E-state index contributed by atoms with van der Waals surface area (Å²) >= 11 is 0. The lowest BCUT2D eigenvalue weighted by atomic mass is 9.88. The highest BCUT2D eigenvalue weighted by molar-refractivity contribution is 6.00. The van der Waals surface area contributed by atoms with E-state index in [1.807, 2.05) is 48.5 Å². The van der Waals surface area contributed by atoms with Gasteiger partial charge in [-0.3, -0.25) is 19.8 Å². The summed E-state index contributed by atoms with van der Waals surface area (Å²) in [4.78, 5) is 38.2. The second-order valence-corrected chi connectivity index (χ2v) is 16.8. The zero-order valence-electron chi connectivity index (χ0n) is 39.0. The van der Waals surface area contributed by atoms with Crippen molar-refractivity contribution in [3.8, 4) is 17.2 Å². The van der Waals surface area contributed by atoms with E-state index in [0.717, 1.165) is 91.4 Å². The summed E-state index contributed by atoms with van der Waals surface area (Å²) in [6, 6.07) is 44.8. The average Bonchev–Trinajstić information content (AvgIpc) is 3.38. The van der Waals surface area contributed by atoms with E-state index in [1.165, 1.54) is 33.4 Å². The molecule has 0 saturated carbocycles. The Morgan fingerprint density at radius 2 is 1.16 bits per heavy atom. The molecule has 13 heteroatoms. The molecule has 13 nitrogen and oxygen atoms in total. The zero-order chi connectivity index (χ0) is 47.1. The van der Waals surface area contributed by atoms with Crippen molar-refractivity contribution in [3.63, 3.8) is 0 Å². The number of nitrogens with one attached hydrogen (secondary N) is 4. The number of methoxy groups -OCH3 is 3. The quantitative estimate of drug-likeness (QED) is 0.0792. The molecule has 68 heavy (non-hydrogen) atoms. The average molecular weight is 913 g/mol. The van der Waals surface area contributed by atoms with Crippen molar-refractivity contribution in [3.05, 3.63) is 185 Å². The number of carbonyl (C=O) groups is 2. The Morgan fingerprint density at radius 3 is 1.79 bits per heavy atom. The number of amides is 4. The lowest BCUT2D eigenvalue weighted by Gasteiger charge is -2.38. The third-order valence-corrected chi connectivity index (χ3v) is 12.7. The molecule has 5 aromatic carbocycles. The highest BCUT2D eigenvalue weighted by atomic mass is 16.5. The number of carbonyl (C=O) groups excluding carboxylic acids is 2. The maximum Gasteiger partial charge on any atom is 0.319 e. The molecule has 4 heterocycles. The SMILES string of the molecule is COc1cc2c(cc1OC)C(Cc1ccccc1)N(CCNC(=O)Nc1ccnc3ccccc13)CC2.COc1ccc2c(c1)CCN(CCNC(=O)Nc1ccncc1)C2Cc1ccccc1. The normalized spacial score (nSPS) is 15.4. The zero-order valence-corrected chi connectivity index (χ0v) is 39.0. The van der Waals surface area contributed by atoms with Crippen LogP contribution in [0.25, 0.3) is 10.9 Å². The van der Waals surface area contributed by atoms with Crippen LogP contribution in [0.2, 0.25) is 0 Å². The smallest absolute Gasteiger partial charge is 0.319 e. The molecule has 9 rings (SSSR count). The number of rotatable bonds is 15. The maximum absolute atomic E-state index is 12.7. The largest absolute Gasteiger partial charge is 0.497 e. The molecule has 2 aromatic heterocycles. The molecule has 2 unspecified atom stereocenters. The molecule has 2 aliphatic rings. The molecule has 0 spiro atoms. The number of aromatic nitrogens is 2. The first-order valence-corrected chi connectivity index (χ1v) is 23.2. The number of hydrogen-bond acceptors (Lipinski definition) is 9. The van der Waals surface area contributed by atoms with Crippen molar-refractivity contribution in [2.24, 2.45) is 0 Å². The standard InChI is InChI=1S/C30H32N4O3.C25H28N4O2/c1-36-28-19-22-13-16-34(27(24(22)20-29(28)37-2)18-21-8-4-3-5-9-21)17-15-32-30(35)33-26-12-14-31-25-11-7-6-10-23(25)26;1-31-22-7-8-23-20(18-22)11-15-29(24(23)17-19-5-3-2-4-6-19)16-14-27-25(30)28-21-9-12-26-13-10-21/h3-12,14,19-20,27H,13,15-18H2,1-2H3,(H2,31,32,33,35);2-10,12-13,18,24H,11,14-17H2,1H3,(H2,26,27,28,30). The van der Waals surface area contributed by atoms with Crippen LogP contribution in [0.1, 0.15) is 45.5 Å². The molecular formula is C55H60N8O5. The first-order chi connectivity index (χ1) is 33.4. The molecular weight excluding hydrogens is 853 g/mol. The van der Waals surface area contributed by atoms with E-state index >= 15 is 0 Å². The summed E-state index contributed by atoms with van der Waals surface area (Å²) in [5, 5.41) is 12.7. The van der Waals surface area contributed by atoms with Gasteiger partial charge in [-0.25, -0.2) is 9.59 Å². The fourth-order valence-electron chi connectivity index (χ4n) is 9.24. The molecule has 2 aliphatic heterocycles. The summed E-state index contributed by atoms with van der Waals surface area (Å²) in [6.07, 6.45) is 8.72. The summed E-state index contributed by atoms with van der Waals surface area (Å²) in [5.41, 5.74) is 10.1. The van der Waals surface area contributed by atoms with Crippen LogP contribution in [0.15, 0.2) is 152 Å². The molecule has 350 valence electrons. The first kappa shape index (κ1) is 47.0. The third kappa shape index (κ3) is 12.1. The molecule has 0 saturated heterocycles. The first-order valence-electron chi connectivity index (χ1n) is 23.2. The number of hydrogen-bond donors (Lipinski definition) is 4. The topological polar surface area (TPSA) is 142 Å². The lowest BCUT2D eigenvalue weighted by molar-refractivity contribution is 0.183. The van der Waals surface area contributed by atoms with Crippen LogP contribution in [-0.2, 0) is 25.7 Å². The van der Waals surface area contributed by atoms with Crippen LogP contribution in [0.4, 0.5) is 21.0 Å². The Labute approximate surface area is 398 Å². The maximum atomic E-state index is 12.7. The van der Waals surface area contributed by atoms with Gasteiger partial charge in [0.25, 0.3) is 0 Å². The number of urea groups is 2. The minimum atomic E-state index is -0.222. The molecule has 0 fully saturated rings. The fourth-order valence-corrected chi connectivity index (χ4v) is 9.24. The van der Waals surface area contributed by atoms with Crippen molar-refractivity contribution in [2.45, 2.75) is 37.8 Å². The van der Waals surface area contributed by atoms with E-state index in [4.69, 9.17) is 14.2 Å². The Bertz CT molecular complexity index is 2740. The molecule has 2 atom stereocenters. The van der Waals surface area contributed by atoms with E-state index < -0.39 is 0 Å². The van der Waals surface area contributed by atoms with Crippen molar-refractivity contribution in [1.29, 1.82) is 0 Å². The van der Waals surface area contributed by atoms with Gasteiger partial charge in [-0.1, -0.05) is 84.9 Å². The van der Waals surface area contributed by atoms with E-state index in [-0.39, 0.29) is 24.1 Å². The van der Waals surface area contributed by atoms with Crippen molar-refractivity contribution in [2.75, 3.05) is 71.2 Å². The minimum absolute atomic E-state index is 0.167. The molecule has 4 N–H and O–H groups in total. The van der Waals surface area contributed by atoms with Crippen LogP contribution >= 0.6 is 0 Å². The molecule has 7 aromatic rings. The second-order valence-electron chi connectivity index (χ2n) is 16.8. The Balaban J connectivity index is 0.000000187. The predicted octanol–water partition coefficient (Wildman–Crippen LogP) is 9.27. The summed E-state index contributed by atoms with van der Waals surface area (Å²) < 4.78 is 16.6. The van der Waals surface area contributed by atoms with Crippen LogP contribution in [-0.4, -0.2) is 92.4 Å². The van der Waals surface area contributed by atoms with Gasteiger partial charge in [-0.15, -0.1) is 0 Å². The molecule has 4 amide bonds. The van der Waals surface area contributed by atoms with Crippen LogP contribution in [0.5, 0.6) is 17.2 Å². The number of nitrogens with zero attached hydrogens (tertiary/aromatic N) is 4. The number of para-hydroxylation sites is 1. The van der Waals surface area contributed by atoms with Gasteiger partial charge in [0.1, 0.15) is 5.75 Å². The predicted molar refractivity (Wildman–Crippen MR) is 269 cm³/mol. The van der Waals surface area contributed by atoms with Crippen LogP contribution < -0.4 is 35.5 Å². The van der Waals surface area contributed by atoms with Gasteiger partial charge in [-0.2, -0.15) is 0 Å². The van der Waals surface area contributed by atoms with Gasteiger partial charge < -0.3 is 35.5 Å². The molecule has 0 radical (unpaired) electrons. The van der Waals surface area contributed by atoms with Crippen LogP contribution in [0, 0.1) is 0 Å². The monoisotopic (exact) mass is 912 g/mol. The third-order valence-electron chi connectivity index (χ3n) is 12.7. The molecule has 0 aliphatic carbocycles. The van der Waals surface area contributed by atoms with E-state index in [1.54, 1.807) is 52.1 Å². The molecule has 0 bridgehead atoms. The van der Waals surface area contributed by atoms with E-state index in [9.17, 15) is 9.59 Å². The van der Waals surface area contributed by atoms with E-state index in [0.29, 0.717) is 13.1 Å². The number of benzene rings is 5. The summed E-state index contributed by atoms with van der Waals surface area (Å²) in [5.74, 6) is 2.40. The van der Waals surface area contributed by atoms with Gasteiger partial charge >= 0.3 is 12.1 Å². The Kier molecular flexibility index (Phi) is 16.1. The van der Waals surface area contributed by atoms with Gasteiger partial charge in [-0.05, 0) is 108 Å². The Morgan fingerprint density at radius 1 is 0.588 bits per heavy atom. The van der Waals surface area contributed by atoms with Gasteiger partial charge in [0.05, 0.1) is 32.5 Å². The highest BCUT2D eigenvalue weighted by Crippen LogP contribution is 2.40. The number of anilines is 2. The van der Waals surface area contributed by atoms with Gasteiger partial charge in [0.15, 0.2) is 11.5 Å². The summed E-state index contributed by atoms with van der Waals surface area (Å²) in [6.45, 7) is 4.47. The van der Waals surface area contributed by atoms with Crippen molar-refractivity contribution in [1.82, 2.24) is 30.4 Å². The van der Waals surface area contributed by atoms with Crippen LogP contribution in [0.3, 0.4) is 0 Å². The van der Waals surface area contributed by atoms with Gasteiger partial charge in [0.2, 0.25) is 0 Å². The number of fused-ring (bicyclic) bond motifs is 3. The van der Waals surface area contributed by atoms with Crippen molar-refractivity contribution < 1.29 is 23.8 Å². The number of pyridine rings is 2. The fraction of sp³-hybridized carbons (Fsp3) is 0.273. The highest BCUT2D eigenvalue weighted by Gasteiger charge is 2.30.